The van der Waals surface area contributed by atoms with Crippen molar-refractivity contribution in [2.75, 3.05) is 13.7 Å². The second-order valence-electron chi connectivity index (χ2n) is 3.72. The van der Waals surface area contributed by atoms with Gasteiger partial charge in [0.05, 0.1) is 19.6 Å². The monoisotopic (exact) mass is 215 g/mol. The van der Waals surface area contributed by atoms with Gasteiger partial charge >= 0.3 is 11.9 Å². The van der Waals surface area contributed by atoms with Crippen LogP contribution in [0.15, 0.2) is 0 Å². The molecule has 15 heavy (non-hydrogen) atoms. The molecule has 0 spiro atoms. The van der Waals surface area contributed by atoms with Crippen LogP contribution in [-0.2, 0) is 19.1 Å². The fourth-order valence-corrected chi connectivity index (χ4v) is 1.62. The maximum atomic E-state index is 11.3. The first kappa shape index (κ1) is 12.0. The van der Waals surface area contributed by atoms with Gasteiger partial charge in [0, 0.05) is 0 Å². The van der Waals surface area contributed by atoms with Crippen molar-refractivity contribution in [1.82, 2.24) is 0 Å². The lowest BCUT2D eigenvalue weighted by atomic mass is 10.1. The molecule has 0 heterocycles. The average Bonchev–Trinajstić information content (AvgIpc) is 2.96. The highest BCUT2D eigenvalue weighted by Crippen LogP contribution is 2.42. The summed E-state index contributed by atoms with van der Waals surface area (Å²) in [6.45, 7) is 2.17. The first-order chi connectivity index (χ1) is 7.10. The van der Waals surface area contributed by atoms with E-state index in [2.05, 4.69) is 4.74 Å². The Balaban J connectivity index is 2.27. The highest BCUT2D eigenvalue weighted by Gasteiger charge is 2.45. The number of esters is 2. The number of nitrogens with two attached hydrogens (primary N) is 1. The molecular formula is C10H17NO4. The van der Waals surface area contributed by atoms with Gasteiger partial charge in [-0.25, -0.2) is 0 Å². The highest BCUT2D eigenvalue weighted by atomic mass is 16.5. The summed E-state index contributed by atoms with van der Waals surface area (Å²) in [5.41, 5.74) is 5.58. The van der Waals surface area contributed by atoms with Crippen LogP contribution in [0.5, 0.6) is 0 Å². The number of rotatable bonds is 5. The molecule has 1 aliphatic rings. The van der Waals surface area contributed by atoms with Crippen molar-refractivity contribution >= 4 is 11.9 Å². The average molecular weight is 215 g/mol. The van der Waals surface area contributed by atoms with E-state index in [1.54, 1.807) is 6.92 Å². The molecule has 86 valence electrons. The molecule has 2 N–H and O–H groups in total. The van der Waals surface area contributed by atoms with Crippen LogP contribution in [0, 0.1) is 11.8 Å². The van der Waals surface area contributed by atoms with Gasteiger partial charge in [-0.2, -0.15) is 0 Å². The molecule has 1 saturated carbocycles. The van der Waals surface area contributed by atoms with Crippen molar-refractivity contribution in [2.24, 2.45) is 17.6 Å². The lowest BCUT2D eigenvalue weighted by Gasteiger charge is -2.08. The molecule has 5 heteroatoms. The van der Waals surface area contributed by atoms with Crippen LogP contribution in [0.4, 0.5) is 0 Å². The van der Waals surface area contributed by atoms with Gasteiger partial charge in [-0.1, -0.05) is 0 Å². The Labute approximate surface area is 88.9 Å². The van der Waals surface area contributed by atoms with Crippen molar-refractivity contribution in [3.63, 3.8) is 0 Å². The molecule has 0 aromatic carbocycles. The normalized spacial score (nSPS) is 25.5. The minimum Gasteiger partial charge on any atom is -0.468 e. The third-order valence-corrected chi connectivity index (χ3v) is 2.57. The predicted octanol–water partition coefficient (Wildman–Crippen LogP) is 0.0760. The van der Waals surface area contributed by atoms with Gasteiger partial charge in [-0.05, 0) is 25.7 Å². The molecule has 0 aliphatic heterocycles. The van der Waals surface area contributed by atoms with E-state index in [4.69, 9.17) is 10.5 Å². The van der Waals surface area contributed by atoms with Crippen molar-refractivity contribution in [1.29, 1.82) is 0 Å². The van der Waals surface area contributed by atoms with E-state index in [1.807, 2.05) is 0 Å². The number of ether oxygens (including phenoxy) is 2. The second kappa shape index (κ2) is 5.11. The number of carbonyl (C=O) groups is 2. The molecule has 0 aromatic heterocycles. The summed E-state index contributed by atoms with van der Waals surface area (Å²) < 4.78 is 9.37. The van der Waals surface area contributed by atoms with Gasteiger partial charge in [0.25, 0.3) is 0 Å². The SMILES string of the molecule is CCOC(=O)[C@H]1C[C@@H]1C[C@H](N)C(=O)OC. The van der Waals surface area contributed by atoms with E-state index in [9.17, 15) is 9.59 Å². The van der Waals surface area contributed by atoms with Crippen LogP contribution in [0.3, 0.4) is 0 Å². The Morgan fingerprint density at radius 2 is 2.20 bits per heavy atom. The first-order valence-corrected chi connectivity index (χ1v) is 5.10. The number of methoxy groups -OCH3 is 1. The molecule has 3 atom stereocenters. The Morgan fingerprint density at radius 3 is 2.73 bits per heavy atom. The van der Waals surface area contributed by atoms with E-state index >= 15 is 0 Å². The Kier molecular flexibility index (Phi) is 4.08. The summed E-state index contributed by atoms with van der Waals surface area (Å²) >= 11 is 0. The number of hydrogen-bond acceptors (Lipinski definition) is 5. The van der Waals surface area contributed by atoms with Gasteiger partial charge in [0.2, 0.25) is 0 Å². The molecule has 0 bridgehead atoms. The van der Waals surface area contributed by atoms with Crippen molar-refractivity contribution in [3.05, 3.63) is 0 Å². The zero-order valence-corrected chi connectivity index (χ0v) is 9.06. The van der Waals surface area contributed by atoms with Crippen LogP contribution in [0.2, 0.25) is 0 Å². The van der Waals surface area contributed by atoms with Gasteiger partial charge in [0.1, 0.15) is 6.04 Å². The lowest BCUT2D eigenvalue weighted by molar-refractivity contribution is -0.146. The first-order valence-electron chi connectivity index (χ1n) is 5.10. The van der Waals surface area contributed by atoms with Crippen LogP contribution in [-0.4, -0.2) is 31.7 Å². The van der Waals surface area contributed by atoms with Gasteiger partial charge in [-0.15, -0.1) is 0 Å². The Morgan fingerprint density at radius 1 is 1.53 bits per heavy atom. The summed E-state index contributed by atoms with van der Waals surface area (Å²) in [4.78, 5) is 22.3. The maximum Gasteiger partial charge on any atom is 0.322 e. The van der Waals surface area contributed by atoms with Crippen molar-refractivity contribution in [2.45, 2.75) is 25.8 Å². The molecule has 1 rings (SSSR count). The smallest absolute Gasteiger partial charge is 0.322 e. The number of hydrogen-bond donors (Lipinski definition) is 1. The molecule has 1 aliphatic carbocycles. The molecule has 0 radical (unpaired) electrons. The molecular weight excluding hydrogens is 198 g/mol. The van der Waals surface area contributed by atoms with Crippen LogP contribution in [0.25, 0.3) is 0 Å². The largest absolute Gasteiger partial charge is 0.468 e. The maximum absolute atomic E-state index is 11.3. The molecule has 0 saturated heterocycles. The fraction of sp³-hybridized carbons (Fsp3) is 0.800. The zero-order valence-electron chi connectivity index (χ0n) is 9.06. The molecule has 0 unspecified atom stereocenters. The molecule has 5 nitrogen and oxygen atoms in total. The van der Waals surface area contributed by atoms with Crippen LogP contribution >= 0.6 is 0 Å². The van der Waals surface area contributed by atoms with Crippen LogP contribution < -0.4 is 5.73 Å². The fourth-order valence-electron chi connectivity index (χ4n) is 1.62. The molecule has 0 aromatic rings. The Hall–Kier alpha value is -1.10. The third-order valence-electron chi connectivity index (χ3n) is 2.57. The van der Waals surface area contributed by atoms with E-state index in [-0.39, 0.29) is 17.8 Å². The Bertz CT molecular complexity index is 254. The van der Waals surface area contributed by atoms with E-state index in [0.29, 0.717) is 13.0 Å². The topological polar surface area (TPSA) is 78.6 Å². The highest BCUT2D eigenvalue weighted by molar-refractivity contribution is 5.77. The quantitative estimate of drug-likeness (QED) is 0.657. The van der Waals surface area contributed by atoms with E-state index in [1.165, 1.54) is 7.11 Å². The van der Waals surface area contributed by atoms with E-state index in [0.717, 1.165) is 6.42 Å². The molecule has 1 fully saturated rings. The van der Waals surface area contributed by atoms with Gasteiger partial charge in [0.15, 0.2) is 0 Å². The molecule has 0 amide bonds. The zero-order chi connectivity index (χ0) is 11.4. The second-order valence-corrected chi connectivity index (χ2v) is 3.72. The third kappa shape index (κ3) is 3.20. The predicted molar refractivity (Wildman–Crippen MR) is 52.8 cm³/mol. The van der Waals surface area contributed by atoms with Crippen LogP contribution in [0.1, 0.15) is 19.8 Å². The van der Waals surface area contributed by atoms with Gasteiger partial charge in [-0.3, -0.25) is 9.59 Å². The van der Waals surface area contributed by atoms with Crippen molar-refractivity contribution < 1.29 is 19.1 Å². The minimum atomic E-state index is -0.626. The summed E-state index contributed by atoms with van der Waals surface area (Å²) in [7, 11) is 1.30. The van der Waals surface area contributed by atoms with Crippen molar-refractivity contribution in [3.8, 4) is 0 Å². The number of carbonyl (C=O) groups excluding carboxylic acids is 2. The van der Waals surface area contributed by atoms with Gasteiger partial charge < -0.3 is 15.2 Å². The summed E-state index contributed by atoms with van der Waals surface area (Å²) in [6, 6.07) is -0.626. The summed E-state index contributed by atoms with van der Waals surface area (Å²) in [6.07, 6.45) is 1.26. The lowest BCUT2D eigenvalue weighted by Crippen LogP contribution is -2.32. The summed E-state index contributed by atoms with van der Waals surface area (Å²) in [5.74, 6) is -0.497. The standard InChI is InChI=1S/C10H17NO4/c1-3-15-9(12)7-4-6(7)5-8(11)10(13)14-2/h6-8H,3-5,11H2,1-2H3/t6-,7+,8+/m1/s1. The summed E-state index contributed by atoms with van der Waals surface area (Å²) in [5, 5.41) is 0. The minimum absolute atomic E-state index is 0.0688. The van der Waals surface area contributed by atoms with E-state index < -0.39 is 12.0 Å².